The van der Waals surface area contributed by atoms with Crippen LogP contribution in [-0.2, 0) is 10.0 Å². The minimum absolute atomic E-state index is 0.0160. The molecule has 0 unspecified atom stereocenters. The number of rotatable bonds is 5. The van der Waals surface area contributed by atoms with E-state index in [1.54, 1.807) is 37.3 Å². The quantitative estimate of drug-likeness (QED) is 0.863. The molecule has 2 aromatic rings. The molecule has 6 heteroatoms. The van der Waals surface area contributed by atoms with Gasteiger partial charge in [-0.25, -0.2) is 8.42 Å². The van der Waals surface area contributed by atoms with E-state index < -0.39 is 10.0 Å². The van der Waals surface area contributed by atoms with E-state index in [9.17, 15) is 13.2 Å². The summed E-state index contributed by atoms with van der Waals surface area (Å²) < 4.78 is 25.3. The van der Waals surface area contributed by atoms with Crippen molar-refractivity contribution in [3.8, 4) is 0 Å². The van der Waals surface area contributed by atoms with Gasteiger partial charge in [0, 0.05) is 16.1 Å². The lowest BCUT2D eigenvalue weighted by atomic mass is 10.1. The summed E-state index contributed by atoms with van der Waals surface area (Å²) in [5.41, 5.74) is 1.01. The van der Waals surface area contributed by atoms with Gasteiger partial charge in [-0.3, -0.25) is 9.52 Å². The second-order valence-corrected chi connectivity index (χ2v) is 7.62. The van der Waals surface area contributed by atoms with Crippen LogP contribution in [0.5, 0.6) is 0 Å². The minimum atomic E-state index is -3.29. The number of sulfonamides is 1. The van der Waals surface area contributed by atoms with Crippen LogP contribution in [0.4, 0.5) is 5.69 Å². The predicted octanol–water partition coefficient (Wildman–Crippen LogP) is 3.05. The highest BCUT2D eigenvalue weighted by Gasteiger charge is 2.12. The number of carbonyl (C=O) groups excluding carboxylic acids is 1. The molecule has 0 amide bonds. The number of ketones is 1. The molecule has 4 nitrogen and oxygen atoms in total. The summed E-state index contributed by atoms with van der Waals surface area (Å²) in [7, 11) is -3.29. The topological polar surface area (TPSA) is 63.2 Å². The zero-order valence-electron chi connectivity index (χ0n) is 11.2. The Morgan fingerprint density at radius 1 is 1.15 bits per heavy atom. The van der Waals surface area contributed by atoms with E-state index >= 15 is 0 Å². The fourth-order valence-electron chi connectivity index (χ4n) is 1.64. The maximum atomic E-state index is 12.2. The van der Waals surface area contributed by atoms with Crippen molar-refractivity contribution in [1.82, 2.24) is 0 Å². The second kappa shape index (κ2) is 5.76. The van der Waals surface area contributed by atoms with Crippen LogP contribution in [0.2, 0.25) is 0 Å². The van der Waals surface area contributed by atoms with Gasteiger partial charge in [-0.2, -0.15) is 0 Å². The van der Waals surface area contributed by atoms with Crippen LogP contribution in [0.25, 0.3) is 0 Å². The number of aryl methyl sites for hydroxylation is 1. The molecule has 20 heavy (non-hydrogen) atoms. The van der Waals surface area contributed by atoms with Crippen LogP contribution in [0, 0.1) is 6.92 Å². The molecule has 0 radical (unpaired) electrons. The molecule has 1 aromatic heterocycles. The average Bonchev–Trinajstić information content (AvgIpc) is 2.85. The first kappa shape index (κ1) is 14.7. The molecule has 1 N–H and O–H groups in total. The smallest absolute Gasteiger partial charge is 0.232 e. The summed E-state index contributed by atoms with van der Waals surface area (Å²) in [6, 6.07) is 10.2. The Labute approximate surface area is 122 Å². The van der Waals surface area contributed by atoms with Gasteiger partial charge in [-0.05, 0) is 50.2 Å². The Balaban J connectivity index is 2.18. The lowest BCUT2D eigenvalue weighted by Gasteiger charge is -2.06. The molecular formula is C14H15NO3S2. The highest BCUT2D eigenvalue weighted by Crippen LogP contribution is 2.20. The molecule has 1 aromatic carbocycles. The maximum Gasteiger partial charge on any atom is 0.232 e. The Morgan fingerprint density at radius 2 is 1.80 bits per heavy atom. The van der Waals surface area contributed by atoms with Crippen LogP contribution in [0.1, 0.15) is 27.0 Å². The summed E-state index contributed by atoms with van der Waals surface area (Å²) >= 11 is 1.45. The van der Waals surface area contributed by atoms with Crippen molar-refractivity contribution < 1.29 is 13.2 Å². The number of carbonyl (C=O) groups is 1. The first-order valence-corrected chi connectivity index (χ1v) is 8.60. The second-order valence-electron chi connectivity index (χ2n) is 4.32. The van der Waals surface area contributed by atoms with Crippen molar-refractivity contribution in [2.75, 3.05) is 10.5 Å². The molecule has 1 heterocycles. The summed E-state index contributed by atoms with van der Waals surface area (Å²) in [5.74, 6) is -0.0321. The molecule has 0 bridgehead atoms. The monoisotopic (exact) mass is 309 g/mol. The normalized spacial score (nSPS) is 11.3. The molecule has 106 valence electrons. The highest BCUT2D eigenvalue weighted by molar-refractivity contribution is 7.92. The van der Waals surface area contributed by atoms with Gasteiger partial charge in [0.05, 0.1) is 10.6 Å². The van der Waals surface area contributed by atoms with Crippen molar-refractivity contribution in [3.05, 3.63) is 51.7 Å². The molecule has 0 aliphatic carbocycles. The third kappa shape index (κ3) is 3.46. The maximum absolute atomic E-state index is 12.2. The third-order valence-corrected chi connectivity index (χ3v) is 5.07. The summed E-state index contributed by atoms with van der Waals surface area (Å²) in [5, 5.41) is 0. The molecule has 0 aliphatic heterocycles. The van der Waals surface area contributed by atoms with Gasteiger partial charge in [0.15, 0.2) is 0 Å². The first-order chi connectivity index (χ1) is 9.41. The van der Waals surface area contributed by atoms with Crippen molar-refractivity contribution in [1.29, 1.82) is 0 Å². The van der Waals surface area contributed by atoms with Crippen LogP contribution < -0.4 is 4.72 Å². The average molecular weight is 309 g/mol. The van der Waals surface area contributed by atoms with Crippen LogP contribution in [0.3, 0.4) is 0 Å². The Hall–Kier alpha value is -1.66. The van der Waals surface area contributed by atoms with Gasteiger partial charge in [0.25, 0.3) is 0 Å². The van der Waals surface area contributed by atoms with Gasteiger partial charge in [0.2, 0.25) is 15.8 Å². The zero-order chi connectivity index (χ0) is 14.8. The fraction of sp³-hybridized carbons (Fsp3) is 0.214. The number of thiophene rings is 1. The van der Waals surface area contributed by atoms with E-state index in [-0.39, 0.29) is 11.5 Å². The summed E-state index contributed by atoms with van der Waals surface area (Å²) in [6.45, 7) is 3.52. The number of benzene rings is 1. The van der Waals surface area contributed by atoms with E-state index in [4.69, 9.17) is 0 Å². The largest absolute Gasteiger partial charge is 0.288 e. The third-order valence-electron chi connectivity index (χ3n) is 2.76. The standard InChI is InChI=1S/C14H15NO3S2/c1-3-20(17,18)15-12-7-5-11(6-8-12)14(16)13-9-4-10(2)19-13/h4-9,15H,3H2,1-2H3. The van der Waals surface area contributed by atoms with E-state index in [1.807, 2.05) is 13.0 Å². The van der Waals surface area contributed by atoms with Crippen molar-refractivity contribution in [2.24, 2.45) is 0 Å². The lowest BCUT2D eigenvalue weighted by Crippen LogP contribution is -2.14. The number of nitrogens with one attached hydrogen (secondary N) is 1. The fourth-order valence-corrected chi connectivity index (χ4v) is 3.11. The number of anilines is 1. The highest BCUT2D eigenvalue weighted by atomic mass is 32.2. The molecular weight excluding hydrogens is 294 g/mol. The number of hydrogen-bond donors (Lipinski definition) is 1. The van der Waals surface area contributed by atoms with Crippen molar-refractivity contribution in [3.63, 3.8) is 0 Å². The Bertz CT molecular complexity index is 715. The Kier molecular flexibility index (Phi) is 4.25. The van der Waals surface area contributed by atoms with E-state index in [0.29, 0.717) is 16.1 Å². The van der Waals surface area contributed by atoms with Crippen LogP contribution >= 0.6 is 11.3 Å². The van der Waals surface area contributed by atoms with Crippen LogP contribution in [-0.4, -0.2) is 20.0 Å². The lowest BCUT2D eigenvalue weighted by molar-refractivity contribution is 0.104. The predicted molar refractivity (Wildman–Crippen MR) is 82.0 cm³/mol. The van der Waals surface area contributed by atoms with Gasteiger partial charge in [0.1, 0.15) is 0 Å². The van der Waals surface area contributed by atoms with Crippen molar-refractivity contribution in [2.45, 2.75) is 13.8 Å². The molecule has 2 rings (SSSR count). The first-order valence-electron chi connectivity index (χ1n) is 6.13. The van der Waals surface area contributed by atoms with Gasteiger partial charge < -0.3 is 0 Å². The van der Waals surface area contributed by atoms with Crippen LogP contribution in [0.15, 0.2) is 36.4 Å². The summed E-state index contributed by atoms with van der Waals surface area (Å²) in [4.78, 5) is 14.0. The van der Waals surface area contributed by atoms with Crippen molar-refractivity contribution >= 4 is 32.8 Å². The molecule has 0 atom stereocenters. The van der Waals surface area contributed by atoms with Gasteiger partial charge >= 0.3 is 0 Å². The molecule has 0 aliphatic rings. The molecule has 0 saturated heterocycles. The molecule has 0 spiro atoms. The van der Waals surface area contributed by atoms with E-state index in [1.165, 1.54) is 11.3 Å². The zero-order valence-corrected chi connectivity index (χ0v) is 12.8. The molecule has 0 saturated carbocycles. The number of hydrogen-bond acceptors (Lipinski definition) is 4. The summed E-state index contributed by atoms with van der Waals surface area (Å²) in [6.07, 6.45) is 0. The van der Waals surface area contributed by atoms with E-state index in [0.717, 1.165) is 4.88 Å². The van der Waals surface area contributed by atoms with E-state index in [2.05, 4.69) is 4.72 Å². The Morgan fingerprint density at radius 3 is 2.30 bits per heavy atom. The SMILES string of the molecule is CCS(=O)(=O)Nc1ccc(C(=O)c2ccc(C)s2)cc1. The van der Waals surface area contributed by atoms with Gasteiger partial charge in [-0.15, -0.1) is 11.3 Å². The molecule has 0 fully saturated rings. The minimum Gasteiger partial charge on any atom is -0.288 e. The van der Waals surface area contributed by atoms with Gasteiger partial charge in [-0.1, -0.05) is 0 Å².